The predicted molar refractivity (Wildman–Crippen MR) is 36.0 cm³/mol. The second-order valence-corrected chi connectivity index (χ2v) is 1.91. The third kappa shape index (κ3) is 6.46. The van der Waals surface area contributed by atoms with E-state index in [1.807, 2.05) is 0 Å². The molecule has 0 spiro atoms. The Morgan fingerprint density at radius 2 is 2.57 bits per heavy atom. The van der Waals surface area contributed by atoms with E-state index in [0.29, 0.717) is 7.62 Å². The van der Waals surface area contributed by atoms with Crippen LogP contribution >= 0.6 is 15.9 Å². The first-order valence-electron chi connectivity index (χ1n) is 2.17. The molecule has 0 aromatic heterocycles. The molecular weight excluding hydrogens is 157 g/mol. The number of hydrogen-bond donors (Lipinski definition) is 1. The van der Waals surface area contributed by atoms with Gasteiger partial charge in [-0.2, -0.15) is 0 Å². The van der Waals surface area contributed by atoms with E-state index in [2.05, 4.69) is 21.2 Å². The largest absolute Gasteiger partial charge is 0.427 e. The fourth-order valence-corrected chi connectivity index (χ4v) is 0.521. The lowest BCUT2D eigenvalue weighted by Crippen LogP contribution is -2.22. The van der Waals surface area contributed by atoms with E-state index in [1.54, 1.807) is 7.11 Å². The van der Waals surface area contributed by atoms with Crippen LogP contribution in [-0.4, -0.2) is 26.6 Å². The Labute approximate surface area is 53.0 Å². The van der Waals surface area contributed by atoms with Crippen LogP contribution in [0.2, 0.25) is 0 Å². The number of halogens is 1. The van der Waals surface area contributed by atoms with Gasteiger partial charge in [0.25, 0.3) is 0 Å². The Bertz CT molecular complexity index is 34.1. The normalized spacial score (nSPS) is 8.86. The summed E-state index contributed by atoms with van der Waals surface area (Å²) in [5.41, 5.74) is 0. The summed E-state index contributed by atoms with van der Waals surface area (Å²) in [6, 6.07) is 0. The Kier molecular flexibility index (Phi) is 6.89. The van der Waals surface area contributed by atoms with Crippen molar-refractivity contribution in [3.05, 3.63) is 0 Å². The molecule has 0 saturated heterocycles. The van der Waals surface area contributed by atoms with Gasteiger partial charge in [0.05, 0.1) is 0 Å². The summed E-state index contributed by atoms with van der Waals surface area (Å²) in [5, 5.41) is 4.00. The average molecular weight is 166 g/mol. The van der Waals surface area contributed by atoms with Crippen molar-refractivity contribution in [3.63, 3.8) is 0 Å². The van der Waals surface area contributed by atoms with Crippen molar-refractivity contribution in [1.29, 1.82) is 0 Å². The lowest BCUT2D eigenvalue weighted by atomic mass is 10.3. The molecule has 42 valence electrons. The van der Waals surface area contributed by atoms with Crippen molar-refractivity contribution < 1.29 is 4.65 Å². The minimum Gasteiger partial charge on any atom is -0.427 e. The van der Waals surface area contributed by atoms with E-state index in [1.165, 1.54) is 0 Å². The van der Waals surface area contributed by atoms with Crippen LogP contribution in [0.3, 0.4) is 0 Å². The van der Waals surface area contributed by atoms with Gasteiger partial charge in [-0.15, -0.1) is 0 Å². The number of hydrogen-bond acceptors (Lipinski definition) is 2. The van der Waals surface area contributed by atoms with Crippen LogP contribution < -0.4 is 5.23 Å². The van der Waals surface area contributed by atoms with Crippen LogP contribution in [0.1, 0.15) is 0 Å². The maximum Gasteiger partial charge on any atom is 0.360 e. The van der Waals surface area contributed by atoms with E-state index < -0.39 is 0 Å². The van der Waals surface area contributed by atoms with Crippen LogP contribution in [0.5, 0.6) is 0 Å². The highest BCUT2D eigenvalue weighted by Gasteiger charge is 1.81. The van der Waals surface area contributed by atoms with Crippen molar-refractivity contribution in [3.8, 4) is 0 Å². The molecule has 0 saturated carbocycles. The molecule has 0 radical (unpaired) electrons. The Morgan fingerprint density at radius 1 is 1.86 bits per heavy atom. The molecule has 0 bridgehead atoms. The Balaban J connectivity index is 2.45. The Hall–Kier alpha value is 0.465. The first kappa shape index (κ1) is 7.46. The highest BCUT2D eigenvalue weighted by atomic mass is 79.9. The second-order valence-electron chi connectivity index (χ2n) is 1.12. The summed E-state index contributed by atoms with van der Waals surface area (Å²) in [7, 11) is 2.31. The van der Waals surface area contributed by atoms with Crippen molar-refractivity contribution in [2.45, 2.75) is 0 Å². The quantitative estimate of drug-likeness (QED) is 0.357. The van der Waals surface area contributed by atoms with E-state index in [4.69, 9.17) is 4.65 Å². The second kappa shape index (κ2) is 6.46. The lowest BCUT2D eigenvalue weighted by molar-refractivity contribution is 0.432. The van der Waals surface area contributed by atoms with Gasteiger partial charge < -0.3 is 9.88 Å². The number of rotatable bonds is 4. The van der Waals surface area contributed by atoms with Gasteiger partial charge in [-0.05, 0) is 6.54 Å². The van der Waals surface area contributed by atoms with E-state index in [0.717, 1.165) is 11.9 Å². The molecule has 0 aliphatic carbocycles. The third-order valence-electron chi connectivity index (χ3n) is 0.518. The number of alkyl halides is 1. The molecule has 7 heavy (non-hydrogen) atoms. The topological polar surface area (TPSA) is 21.3 Å². The highest BCUT2D eigenvalue weighted by molar-refractivity contribution is 9.09. The van der Waals surface area contributed by atoms with Gasteiger partial charge in [0.2, 0.25) is 0 Å². The van der Waals surface area contributed by atoms with E-state index in [-0.39, 0.29) is 0 Å². The van der Waals surface area contributed by atoms with Crippen LogP contribution in [0.25, 0.3) is 0 Å². The molecule has 0 fully saturated rings. The fourth-order valence-electron chi connectivity index (χ4n) is 0.241. The first-order valence-corrected chi connectivity index (χ1v) is 3.29. The molecule has 0 atom stereocenters. The summed E-state index contributed by atoms with van der Waals surface area (Å²) < 4.78 is 4.71. The molecule has 1 N–H and O–H groups in total. The first-order chi connectivity index (χ1) is 3.41. The molecular formula is C3H9BBrNO. The van der Waals surface area contributed by atoms with Crippen molar-refractivity contribution in [1.82, 2.24) is 5.23 Å². The minimum atomic E-state index is 0.644. The summed E-state index contributed by atoms with van der Waals surface area (Å²) >= 11 is 3.26. The predicted octanol–water partition coefficient (Wildman–Crippen LogP) is -0.116. The monoisotopic (exact) mass is 165 g/mol. The van der Waals surface area contributed by atoms with Crippen molar-refractivity contribution in [2.24, 2.45) is 0 Å². The SMILES string of the molecule is COBNCCBr. The van der Waals surface area contributed by atoms with Gasteiger partial charge >= 0.3 is 7.62 Å². The summed E-state index contributed by atoms with van der Waals surface area (Å²) in [6.45, 7) is 0.966. The van der Waals surface area contributed by atoms with Gasteiger partial charge in [-0.1, -0.05) is 15.9 Å². The minimum absolute atomic E-state index is 0.644. The van der Waals surface area contributed by atoms with E-state index >= 15 is 0 Å². The maximum absolute atomic E-state index is 4.71. The van der Waals surface area contributed by atoms with Crippen LogP contribution in [0.4, 0.5) is 0 Å². The smallest absolute Gasteiger partial charge is 0.360 e. The molecule has 0 amide bonds. The molecule has 4 heteroatoms. The molecule has 0 aromatic rings. The molecule has 0 aliphatic rings. The Morgan fingerprint density at radius 3 is 3.00 bits per heavy atom. The average Bonchev–Trinajstić information content (AvgIpc) is 1.69. The van der Waals surface area contributed by atoms with Gasteiger partial charge in [0.15, 0.2) is 0 Å². The third-order valence-corrected chi connectivity index (χ3v) is 0.914. The standard InChI is InChI=1S/C3H9BBrNO/c1-7-4-6-3-2-5/h4,6H,2-3H2,1H3. The van der Waals surface area contributed by atoms with Gasteiger partial charge in [-0.25, -0.2) is 0 Å². The zero-order valence-corrected chi connectivity index (χ0v) is 5.99. The maximum atomic E-state index is 4.71. The molecule has 0 aromatic carbocycles. The van der Waals surface area contributed by atoms with Gasteiger partial charge in [0.1, 0.15) is 0 Å². The lowest BCUT2D eigenvalue weighted by Gasteiger charge is -1.93. The molecule has 0 aliphatic heterocycles. The fraction of sp³-hybridized carbons (Fsp3) is 1.00. The van der Waals surface area contributed by atoms with Crippen molar-refractivity contribution in [2.75, 3.05) is 19.0 Å². The molecule has 0 unspecified atom stereocenters. The van der Waals surface area contributed by atoms with Crippen LogP contribution in [0.15, 0.2) is 0 Å². The molecule has 0 rings (SSSR count). The summed E-state index contributed by atoms with van der Waals surface area (Å²) in [6.07, 6.45) is 0. The zero-order valence-electron chi connectivity index (χ0n) is 4.41. The summed E-state index contributed by atoms with van der Waals surface area (Å²) in [4.78, 5) is 0. The number of nitrogens with one attached hydrogen (secondary N) is 1. The zero-order chi connectivity index (χ0) is 5.54. The van der Waals surface area contributed by atoms with Crippen LogP contribution in [-0.2, 0) is 4.65 Å². The van der Waals surface area contributed by atoms with Gasteiger partial charge in [0, 0.05) is 12.4 Å². The van der Waals surface area contributed by atoms with E-state index in [9.17, 15) is 0 Å². The summed E-state index contributed by atoms with van der Waals surface area (Å²) in [5.74, 6) is 0. The highest BCUT2D eigenvalue weighted by Crippen LogP contribution is 1.72. The van der Waals surface area contributed by atoms with Crippen molar-refractivity contribution >= 4 is 23.5 Å². The van der Waals surface area contributed by atoms with Crippen LogP contribution in [0, 0.1) is 0 Å². The van der Waals surface area contributed by atoms with Gasteiger partial charge in [-0.3, -0.25) is 0 Å². The molecule has 0 heterocycles. The molecule has 2 nitrogen and oxygen atoms in total.